The van der Waals surface area contributed by atoms with E-state index >= 15 is 0 Å². The Morgan fingerprint density at radius 3 is 2.40 bits per heavy atom. The molecule has 2 aromatic rings. The van der Waals surface area contributed by atoms with Crippen molar-refractivity contribution in [1.82, 2.24) is 30.7 Å². The van der Waals surface area contributed by atoms with Crippen molar-refractivity contribution in [3.05, 3.63) is 64.5 Å². The third-order valence-corrected chi connectivity index (χ3v) is 17.5. The van der Waals surface area contributed by atoms with Gasteiger partial charge in [0, 0.05) is 93.6 Å². The van der Waals surface area contributed by atoms with E-state index in [0.29, 0.717) is 39.9 Å². The van der Waals surface area contributed by atoms with Crippen LogP contribution in [0.15, 0.2) is 53.4 Å². The number of anilines is 1. The molecule has 5 rings (SSSR count). The number of nitrogens with zero attached hydrogens (tertiary/aromatic N) is 6. The molecule has 2 saturated heterocycles. The number of aliphatic hydroxyl groups is 2. The van der Waals surface area contributed by atoms with E-state index in [1.54, 1.807) is 45.1 Å². The molecule has 0 unspecified atom stereocenters. The van der Waals surface area contributed by atoms with Crippen LogP contribution in [0.2, 0.25) is 5.02 Å². The standard InChI is InChI=1S/C54H73ClN8O16S2/c1-30-14-12-15-41(75-11)54(73)26-40(78-52(72)58-54)32(3)49(70)31(2)38(25-46(68)62(9)37-23-35(22-30)24-39(74-10)48(37)55)77-50(71)34(5)61(8)43(65)19-21-80-81-53(6,7)27-42(64)60-59-33(4)36-28-56-51(57-29-36)76-20-13-16-47(69)79-63-44(66)17-18-45(63)67/h12,14-15,23-24,28-29,31-32,34,38,40-41,49,70,73H,13,16-22,25-27H2,1-11H3,(H,58,72)(H,60,64)/b15-12+,30-14+,59-33+/t31-,32-,34+,38+,40+,41-,49-,54+/m1/s1. The molecule has 24 nitrogen and oxygen atoms in total. The number of hydrazone groups is 1. The molecule has 1 aromatic carbocycles. The number of carbonyl (C=O) groups is 8. The first-order chi connectivity index (χ1) is 38.2. The number of allylic oxidation sites excluding steroid dienone is 3. The monoisotopic (exact) mass is 1190 g/mol. The highest BCUT2D eigenvalue weighted by Crippen LogP contribution is 2.40. The van der Waals surface area contributed by atoms with Crippen LogP contribution in [-0.2, 0) is 59.0 Å². The van der Waals surface area contributed by atoms with Crippen LogP contribution in [0.3, 0.4) is 0 Å². The highest BCUT2D eigenvalue weighted by molar-refractivity contribution is 8.77. The van der Waals surface area contributed by atoms with Crippen molar-refractivity contribution < 1.29 is 77.1 Å². The number of amides is 6. The zero-order valence-corrected chi connectivity index (χ0v) is 49.7. The summed E-state index contributed by atoms with van der Waals surface area (Å²) in [5.74, 6) is -5.26. The number of halogens is 1. The third-order valence-electron chi connectivity index (χ3n) is 13.8. The van der Waals surface area contributed by atoms with E-state index in [9.17, 15) is 48.6 Å². The quantitative estimate of drug-likeness (QED) is 0.0322. The van der Waals surface area contributed by atoms with Gasteiger partial charge in [0.05, 0.1) is 44.1 Å². The SMILES string of the molecule is COc1cc2cc(c1Cl)N(C)C(=O)C[C@H](OC(=O)[C@H](C)N(C)C(=O)CCSSC(C)(C)CC(=O)N/N=C(\C)c1cnc(OCCCC(=O)ON3C(=O)CCC3=O)nc1)[C@@H](C)[C@@H](O)[C@H](C)[C@@H]1C[C@@](O)(NC(=O)O1)[C@H](OC)/C=C/C=C(\C)C2. The lowest BCUT2D eigenvalue weighted by Gasteiger charge is -2.43. The number of hydroxylamine groups is 2. The maximum Gasteiger partial charge on any atom is 0.409 e. The highest BCUT2D eigenvalue weighted by Gasteiger charge is 2.49. The molecule has 4 N–H and O–H groups in total. The molecule has 0 radical (unpaired) electrons. The fraction of sp³-hybridized carbons (Fsp3) is 0.574. The summed E-state index contributed by atoms with van der Waals surface area (Å²) in [6.07, 6.45) is 2.22. The zero-order chi connectivity index (χ0) is 59.9. The average molecular weight is 1190 g/mol. The Hall–Kier alpha value is -6.32. The number of fused-ring (bicyclic) bond motifs is 4. The van der Waals surface area contributed by atoms with Crippen molar-refractivity contribution in [3.63, 3.8) is 0 Å². The van der Waals surface area contributed by atoms with Crippen LogP contribution < -0.4 is 25.1 Å². The summed E-state index contributed by atoms with van der Waals surface area (Å²) < 4.78 is 27.8. The summed E-state index contributed by atoms with van der Waals surface area (Å²) in [4.78, 5) is 119. The number of alkyl carbamates (subject to hydrolysis) is 1. The van der Waals surface area contributed by atoms with E-state index in [2.05, 4.69) is 25.8 Å². The molecule has 27 heteroatoms. The third kappa shape index (κ3) is 18.3. The van der Waals surface area contributed by atoms with Crippen molar-refractivity contribution in [2.45, 2.75) is 147 Å². The molecule has 0 aliphatic carbocycles. The second-order valence-electron chi connectivity index (χ2n) is 20.7. The van der Waals surface area contributed by atoms with Gasteiger partial charge in [-0.05, 0) is 65.2 Å². The summed E-state index contributed by atoms with van der Waals surface area (Å²) in [6, 6.07) is 2.38. The number of esters is 1. The van der Waals surface area contributed by atoms with E-state index in [0.717, 1.165) is 11.1 Å². The number of rotatable bonds is 20. The molecule has 444 valence electrons. The lowest BCUT2D eigenvalue weighted by Crippen LogP contribution is -2.64. The number of aliphatic hydroxyl groups excluding tert-OH is 1. The molecule has 3 aliphatic rings. The largest absolute Gasteiger partial charge is 0.495 e. The number of aromatic nitrogens is 2. The fourth-order valence-corrected chi connectivity index (χ4v) is 11.5. The summed E-state index contributed by atoms with van der Waals surface area (Å²) in [5.41, 5.74) is 3.44. The number of hydrogen-bond acceptors (Lipinski definition) is 21. The predicted octanol–water partition coefficient (Wildman–Crippen LogP) is 5.39. The maximum atomic E-state index is 14.3. The molecule has 1 aromatic heterocycles. The van der Waals surface area contributed by atoms with Crippen LogP contribution in [0.4, 0.5) is 10.5 Å². The van der Waals surface area contributed by atoms with Gasteiger partial charge >= 0.3 is 24.0 Å². The average Bonchev–Trinajstić information content (AvgIpc) is 3.77. The smallest absolute Gasteiger partial charge is 0.409 e. The van der Waals surface area contributed by atoms with Crippen LogP contribution in [0.25, 0.3) is 0 Å². The number of methoxy groups -OCH3 is 2. The van der Waals surface area contributed by atoms with Crippen molar-refractivity contribution in [2.24, 2.45) is 16.9 Å². The Morgan fingerprint density at radius 1 is 1.06 bits per heavy atom. The maximum absolute atomic E-state index is 14.3. The molecule has 3 aliphatic heterocycles. The second-order valence-corrected chi connectivity index (χ2v) is 24.2. The van der Waals surface area contributed by atoms with Gasteiger partial charge in [-0.1, -0.05) is 70.8 Å². The lowest BCUT2D eigenvalue weighted by atomic mass is 9.81. The minimum absolute atomic E-state index is 0.000639. The molecule has 81 heavy (non-hydrogen) atoms. The van der Waals surface area contributed by atoms with Gasteiger partial charge in [-0.25, -0.2) is 29.8 Å². The Bertz CT molecular complexity index is 2720. The molecule has 0 saturated carbocycles. The molecule has 4 bridgehead atoms. The Labute approximate surface area is 483 Å². The number of imide groups is 1. The Kier molecular flexibility index (Phi) is 23.9. The van der Waals surface area contributed by atoms with Crippen molar-refractivity contribution >= 4 is 92.2 Å². The molecule has 2 fully saturated rings. The van der Waals surface area contributed by atoms with Crippen molar-refractivity contribution in [1.29, 1.82) is 0 Å². The summed E-state index contributed by atoms with van der Waals surface area (Å²) in [5, 5.41) is 31.1. The number of benzene rings is 1. The fourth-order valence-electron chi connectivity index (χ4n) is 8.75. The number of ether oxygens (including phenoxy) is 5. The number of carbonyl (C=O) groups excluding carboxylic acids is 8. The van der Waals surface area contributed by atoms with Crippen molar-refractivity contribution in [2.75, 3.05) is 45.6 Å². The second kappa shape index (κ2) is 29.6. The van der Waals surface area contributed by atoms with E-state index in [1.165, 1.54) is 79.0 Å². The number of nitrogens with one attached hydrogen (secondary N) is 2. The normalized spacial score (nSPS) is 24.5. The molecule has 8 atom stereocenters. The molecular weight excluding hydrogens is 1120 g/mol. The minimum Gasteiger partial charge on any atom is -0.495 e. The number of hydrogen-bond donors (Lipinski definition) is 4. The molecular formula is C54H73ClN8O16S2. The van der Waals surface area contributed by atoms with Gasteiger partial charge in [-0.15, -0.1) is 5.06 Å². The Balaban J connectivity index is 1.16. The van der Waals surface area contributed by atoms with Crippen LogP contribution in [0.5, 0.6) is 11.8 Å². The Morgan fingerprint density at radius 2 is 1.74 bits per heavy atom. The van der Waals surface area contributed by atoms with Crippen LogP contribution >= 0.6 is 33.2 Å². The predicted molar refractivity (Wildman–Crippen MR) is 301 cm³/mol. The molecule has 0 spiro atoms. The first-order valence-corrected chi connectivity index (χ1v) is 28.9. The van der Waals surface area contributed by atoms with Crippen molar-refractivity contribution in [3.8, 4) is 11.8 Å². The van der Waals surface area contributed by atoms with Gasteiger partial charge in [0.2, 0.25) is 17.7 Å². The summed E-state index contributed by atoms with van der Waals surface area (Å²) in [6.45, 7) is 12.0. The van der Waals surface area contributed by atoms with Crippen LogP contribution in [0, 0.1) is 11.8 Å². The molecule has 4 heterocycles. The van der Waals surface area contributed by atoms with Gasteiger partial charge in [0.25, 0.3) is 11.8 Å². The first kappa shape index (κ1) is 65.5. The summed E-state index contributed by atoms with van der Waals surface area (Å²) >= 11 is 6.80. The topological polar surface area (TPSA) is 304 Å². The first-order valence-electron chi connectivity index (χ1n) is 26.2. The van der Waals surface area contributed by atoms with E-state index in [-0.39, 0.29) is 74.4 Å². The van der Waals surface area contributed by atoms with Gasteiger partial charge in [0.15, 0.2) is 5.72 Å². The van der Waals surface area contributed by atoms with E-state index < -0.39 is 94.9 Å². The van der Waals surface area contributed by atoms with Gasteiger partial charge in [0.1, 0.15) is 35.1 Å². The zero-order valence-electron chi connectivity index (χ0n) is 47.3. The summed E-state index contributed by atoms with van der Waals surface area (Å²) in [7, 11) is 8.57. The van der Waals surface area contributed by atoms with E-state index in [1.807, 2.05) is 26.8 Å². The highest BCUT2D eigenvalue weighted by atomic mass is 35.5. The van der Waals surface area contributed by atoms with Crippen LogP contribution in [0.1, 0.15) is 111 Å². The van der Waals surface area contributed by atoms with Gasteiger partial charge < -0.3 is 48.5 Å². The minimum atomic E-state index is -1.95. The molecule has 6 amide bonds. The van der Waals surface area contributed by atoms with Gasteiger partial charge in [-0.2, -0.15) is 5.10 Å². The lowest BCUT2D eigenvalue weighted by molar-refractivity contribution is -0.197. The van der Waals surface area contributed by atoms with E-state index in [4.69, 9.17) is 40.1 Å². The van der Waals surface area contributed by atoms with Crippen LogP contribution in [-0.4, -0.2) is 165 Å². The van der Waals surface area contributed by atoms with Gasteiger partial charge in [-0.3, -0.25) is 29.3 Å². The number of likely N-dealkylation sites (N-methyl/N-ethyl adjacent to an activating group) is 1.